The molecule has 0 saturated heterocycles. The van der Waals surface area contributed by atoms with Gasteiger partial charge in [0.25, 0.3) is 20.0 Å². The minimum absolute atomic E-state index is 0.0842. The summed E-state index contributed by atoms with van der Waals surface area (Å²) in [5, 5.41) is 0. The number of nitrogens with zero attached hydrogens (tertiary/aromatic N) is 1. The van der Waals surface area contributed by atoms with Gasteiger partial charge in [0.2, 0.25) is 0 Å². The third-order valence-electron chi connectivity index (χ3n) is 4.99. The molecule has 0 unspecified atom stereocenters. The van der Waals surface area contributed by atoms with Crippen LogP contribution in [0, 0.1) is 13.8 Å². The first-order chi connectivity index (χ1) is 15.7. The molecule has 0 aliphatic heterocycles. The normalized spacial score (nSPS) is 11.9. The van der Waals surface area contributed by atoms with Crippen LogP contribution in [0.25, 0.3) is 0 Å². The van der Waals surface area contributed by atoms with E-state index in [1.165, 1.54) is 36.9 Å². The van der Waals surface area contributed by atoms with Crippen LogP contribution >= 0.6 is 11.8 Å². The minimum Gasteiger partial charge on any atom is -0.278 e. The fraction of sp³-hybridized carbons (Fsp3) is 0.0833. The number of nitrogens with one attached hydrogen (secondary N) is 1. The van der Waals surface area contributed by atoms with E-state index >= 15 is 0 Å². The lowest BCUT2D eigenvalue weighted by Crippen LogP contribution is -2.18. The molecule has 33 heavy (non-hydrogen) atoms. The molecule has 3 aromatic carbocycles. The third-order valence-corrected chi connectivity index (χ3v) is 9.47. The Kier molecular flexibility index (Phi) is 6.38. The summed E-state index contributed by atoms with van der Waals surface area (Å²) in [4.78, 5) is 1.71. The summed E-state index contributed by atoms with van der Waals surface area (Å²) in [7, 11) is -7.99. The maximum absolute atomic E-state index is 13.3. The van der Waals surface area contributed by atoms with Crippen molar-refractivity contribution in [3.8, 4) is 0 Å². The van der Waals surface area contributed by atoms with Gasteiger partial charge < -0.3 is 0 Å². The predicted octanol–water partition coefficient (Wildman–Crippen LogP) is 5.29. The molecule has 0 aliphatic rings. The summed E-state index contributed by atoms with van der Waals surface area (Å²) in [5.41, 5.74) is 0.850. The number of hydrogen-bond donors (Lipinski definition) is 1. The number of rotatable bonds is 7. The summed E-state index contributed by atoms with van der Waals surface area (Å²) in [5.74, 6) is 0. The van der Waals surface area contributed by atoms with Crippen molar-refractivity contribution in [3.05, 3.63) is 102 Å². The molecule has 0 fully saturated rings. The lowest BCUT2D eigenvalue weighted by atomic mass is 10.3. The Labute approximate surface area is 198 Å². The smallest absolute Gasteiger partial charge is 0.268 e. The molecule has 0 spiro atoms. The second kappa shape index (κ2) is 9.09. The summed E-state index contributed by atoms with van der Waals surface area (Å²) in [6, 6.07) is 26.0. The highest BCUT2D eigenvalue weighted by Crippen LogP contribution is 2.35. The van der Waals surface area contributed by atoms with E-state index in [9.17, 15) is 16.8 Å². The minimum atomic E-state index is -4.05. The molecule has 4 aromatic rings. The van der Waals surface area contributed by atoms with E-state index in [0.717, 1.165) is 13.8 Å². The Hall–Kier alpha value is -3.01. The van der Waals surface area contributed by atoms with E-state index in [1.54, 1.807) is 37.3 Å². The highest BCUT2D eigenvalue weighted by atomic mass is 32.2. The Balaban J connectivity index is 1.71. The number of sulfonamides is 1. The third kappa shape index (κ3) is 4.71. The van der Waals surface area contributed by atoms with E-state index in [0.29, 0.717) is 11.4 Å². The molecule has 0 bridgehead atoms. The lowest BCUT2D eigenvalue weighted by Gasteiger charge is -2.13. The molecular weight excluding hydrogens is 476 g/mol. The average molecular weight is 499 g/mol. The second-order valence-electron chi connectivity index (χ2n) is 7.33. The molecule has 0 radical (unpaired) electrons. The molecule has 170 valence electrons. The van der Waals surface area contributed by atoms with Gasteiger partial charge >= 0.3 is 0 Å². The number of aromatic nitrogens is 1. The van der Waals surface area contributed by atoms with Gasteiger partial charge in [-0.15, -0.1) is 0 Å². The van der Waals surface area contributed by atoms with Gasteiger partial charge in [-0.25, -0.2) is 20.8 Å². The van der Waals surface area contributed by atoms with Crippen LogP contribution in [-0.4, -0.2) is 20.8 Å². The molecule has 1 aromatic heterocycles. The van der Waals surface area contributed by atoms with Crippen molar-refractivity contribution in [3.63, 3.8) is 0 Å². The van der Waals surface area contributed by atoms with Gasteiger partial charge in [0.05, 0.1) is 16.3 Å². The highest BCUT2D eigenvalue weighted by molar-refractivity contribution is 7.99. The molecule has 0 aliphatic carbocycles. The summed E-state index contributed by atoms with van der Waals surface area (Å²) < 4.78 is 56.7. The zero-order chi connectivity index (χ0) is 23.6. The van der Waals surface area contributed by atoms with Crippen LogP contribution in [0.1, 0.15) is 11.4 Å². The molecule has 4 rings (SSSR count). The molecule has 1 N–H and O–H groups in total. The molecule has 6 nitrogen and oxygen atoms in total. The van der Waals surface area contributed by atoms with Gasteiger partial charge in [-0.05, 0) is 56.3 Å². The monoisotopic (exact) mass is 498 g/mol. The quantitative estimate of drug-likeness (QED) is 0.374. The average Bonchev–Trinajstić information content (AvgIpc) is 3.12. The van der Waals surface area contributed by atoms with E-state index in [-0.39, 0.29) is 15.5 Å². The molecule has 0 saturated carbocycles. The van der Waals surface area contributed by atoms with E-state index < -0.39 is 20.0 Å². The molecule has 0 atom stereocenters. The van der Waals surface area contributed by atoms with Crippen molar-refractivity contribution in [2.75, 3.05) is 4.72 Å². The van der Waals surface area contributed by atoms with E-state index in [1.807, 2.05) is 42.5 Å². The second-order valence-corrected chi connectivity index (χ2v) is 11.9. The fourth-order valence-electron chi connectivity index (χ4n) is 3.51. The van der Waals surface area contributed by atoms with Crippen molar-refractivity contribution in [1.82, 2.24) is 3.97 Å². The Bertz CT molecular complexity index is 1500. The van der Waals surface area contributed by atoms with Gasteiger partial charge in [0.15, 0.2) is 0 Å². The zero-order valence-electron chi connectivity index (χ0n) is 18.0. The van der Waals surface area contributed by atoms with Crippen molar-refractivity contribution in [2.24, 2.45) is 0 Å². The maximum Gasteiger partial charge on any atom is 0.268 e. The summed E-state index contributed by atoms with van der Waals surface area (Å²) in [6.45, 7) is 3.07. The van der Waals surface area contributed by atoms with Crippen LogP contribution in [-0.2, 0) is 20.0 Å². The predicted molar refractivity (Wildman–Crippen MR) is 131 cm³/mol. The van der Waals surface area contributed by atoms with Gasteiger partial charge in [-0.1, -0.05) is 60.3 Å². The highest BCUT2D eigenvalue weighted by Gasteiger charge is 2.28. The first kappa shape index (κ1) is 23.2. The Morgan fingerprint density at radius 2 is 1.33 bits per heavy atom. The lowest BCUT2D eigenvalue weighted by molar-refractivity contribution is 0.584. The largest absolute Gasteiger partial charge is 0.278 e. The summed E-state index contributed by atoms with van der Waals surface area (Å²) in [6.07, 6.45) is 0. The molecule has 1 heterocycles. The first-order valence-electron chi connectivity index (χ1n) is 10.0. The van der Waals surface area contributed by atoms with Gasteiger partial charge in [0, 0.05) is 15.5 Å². The molecule has 0 amide bonds. The Morgan fingerprint density at radius 1 is 0.758 bits per heavy atom. The first-order valence-corrected chi connectivity index (χ1v) is 13.8. The van der Waals surface area contributed by atoms with Crippen LogP contribution in [0.4, 0.5) is 5.69 Å². The number of para-hydroxylation sites is 1. The Morgan fingerprint density at radius 3 is 2.00 bits per heavy atom. The van der Waals surface area contributed by atoms with Crippen LogP contribution in [0.5, 0.6) is 0 Å². The van der Waals surface area contributed by atoms with E-state index in [2.05, 4.69) is 4.72 Å². The number of aryl methyl sites for hydroxylation is 1. The maximum atomic E-state index is 13.3. The van der Waals surface area contributed by atoms with Crippen LogP contribution < -0.4 is 4.72 Å². The van der Waals surface area contributed by atoms with Crippen molar-refractivity contribution in [2.45, 2.75) is 33.4 Å². The zero-order valence-corrected chi connectivity index (χ0v) is 20.4. The van der Waals surface area contributed by atoms with Crippen LogP contribution in [0.15, 0.2) is 111 Å². The van der Waals surface area contributed by atoms with Gasteiger partial charge in [-0.2, -0.15) is 0 Å². The molecule has 9 heteroatoms. The summed E-state index contributed by atoms with van der Waals surface area (Å²) >= 11 is 1.44. The fourth-order valence-corrected chi connectivity index (χ4v) is 7.54. The number of benzene rings is 3. The van der Waals surface area contributed by atoms with Crippen molar-refractivity contribution < 1.29 is 16.8 Å². The van der Waals surface area contributed by atoms with Crippen molar-refractivity contribution in [1.29, 1.82) is 0 Å². The SMILES string of the molecule is Cc1cc(S(=O)(=O)Nc2ccccc2Sc2ccccc2)c(C)n1S(=O)(=O)c1ccccc1. The molecular formula is C24H22N2O4S3. The van der Waals surface area contributed by atoms with Gasteiger partial charge in [-0.3, -0.25) is 4.72 Å². The number of hydrogen-bond acceptors (Lipinski definition) is 5. The van der Waals surface area contributed by atoms with Crippen LogP contribution in [0.2, 0.25) is 0 Å². The topological polar surface area (TPSA) is 85.2 Å². The van der Waals surface area contributed by atoms with Crippen LogP contribution in [0.3, 0.4) is 0 Å². The van der Waals surface area contributed by atoms with Gasteiger partial charge in [0.1, 0.15) is 4.90 Å². The van der Waals surface area contributed by atoms with Crippen molar-refractivity contribution >= 4 is 37.5 Å². The standard InChI is InChI=1S/C24H22N2O4S3/c1-18-17-24(19(2)26(18)33(29,30)21-13-7-4-8-14-21)32(27,28)25-22-15-9-10-16-23(22)31-20-11-5-3-6-12-20/h3-17,25H,1-2H3. The van der Waals surface area contributed by atoms with E-state index in [4.69, 9.17) is 0 Å². The number of anilines is 1.